The largest absolute Gasteiger partial charge is 0.391 e. The van der Waals surface area contributed by atoms with Crippen molar-refractivity contribution in [2.45, 2.75) is 76.9 Å². The Balaban J connectivity index is 1.92. The number of alkyl halides is 3. The third-order valence-electron chi connectivity index (χ3n) is 5.67. The molecule has 0 saturated heterocycles. The van der Waals surface area contributed by atoms with Gasteiger partial charge >= 0.3 is 6.18 Å². The van der Waals surface area contributed by atoms with E-state index in [4.69, 9.17) is 5.73 Å². The Morgan fingerprint density at radius 2 is 1.60 bits per heavy atom. The van der Waals surface area contributed by atoms with Crippen LogP contribution in [-0.2, 0) is 0 Å². The van der Waals surface area contributed by atoms with E-state index in [0.717, 1.165) is 25.2 Å². The lowest BCUT2D eigenvalue weighted by molar-refractivity contribution is -0.186. The van der Waals surface area contributed by atoms with Gasteiger partial charge in [-0.05, 0) is 49.9 Å². The van der Waals surface area contributed by atoms with E-state index >= 15 is 0 Å². The summed E-state index contributed by atoms with van der Waals surface area (Å²) in [5.41, 5.74) is 6.38. The van der Waals surface area contributed by atoms with E-state index in [0.29, 0.717) is 18.8 Å². The topological polar surface area (TPSA) is 26.0 Å². The first-order valence-electron chi connectivity index (χ1n) is 8.24. The molecule has 20 heavy (non-hydrogen) atoms. The highest BCUT2D eigenvalue weighted by Crippen LogP contribution is 2.43. The van der Waals surface area contributed by atoms with Crippen LogP contribution in [0.2, 0.25) is 0 Å². The zero-order valence-electron chi connectivity index (χ0n) is 12.5. The Morgan fingerprint density at radius 1 is 1.00 bits per heavy atom. The SMILES string of the molecule is CCC1CCCC(C(N)C2CCCC(C(F)(F)F)C2)C1. The van der Waals surface area contributed by atoms with Gasteiger partial charge in [-0.1, -0.05) is 32.6 Å². The predicted molar refractivity (Wildman–Crippen MR) is 75.2 cm³/mol. The standard InChI is InChI=1S/C16H28F3N/c1-2-11-5-3-6-12(9-11)15(20)13-7-4-8-14(10-13)16(17,18)19/h11-15H,2-10,20H2,1H3. The first kappa shape index (κ1) is 16.1. The minimum absolute atomic E-state index is 0.0190. The Morgan fingerprint density at radius 3 is 2.20 bits per heavy atom. The quantitative estimate of drug-likeness (QED) is 0.786. The van der Waals surface area contributed by atoms with Crippen molar-refractivity contribution in [2.24, 2.45) is 29.4 Å². The highest BCUT2D eigenvalue weighted by molar-refractivity contribution is 4.89. The molecule has 0 radical (unpaired) electrons. The Hall–Kier alpha value is -0.250. The molecule has 2 rings (SSSR count). The van der Waals surface area contributed by atoms with E-state index in [1.54, 1.807) is 0 Å². The van der Waals surface area contributed by atoms with Crippen LogP contribution in [0.5, 0.6) is 0 Å². The van der Waals surface area contributed by atoms with Crippen molar-refractivity contribution in [3.8, 4) is 0 Å². The van der Waals surface area contributed by atoms with Gasteiger partial charge in [-0.2, -0.15) is 13.2 Å². The van der Waals surface area contributed by atoms with Gasteiger partial charge in [0.15, 0.2) is 0 Å². The second kappa shape index (κ2) is 6.67. The lowest BCUT2D eigenvalue weighted by Gasteiger charge is -2.40. The van der Waals surface area contributed by atoms with Crippen molar-refractivity contribution in [1.29, 1.82) is 0 Å². The normalized spacial score (nSPS) is 37.6. The Bertz CT molecular complexity index is 303. The first-order chi connectivity index (χ1) is 9.41. The fourth-order valence-corrected chi connectivity index (χ4v) is 4.31. The summed E-state index contributed by atoms with van der Waals surface area (Å²) in [6.45, 7) is 2.21. The molecule has 5 atom stereocenters. The molecule has 0 heterocycles. The molecule has 0 aliphatic heterocycles. The van der Waals surface area contributed by atoms with E-state index in [2.05, 4.69) is 6.92 Å². The molecule has 4 heteroatoms. The maximum absolute atomic E-state index is 12.9. The molecular weight excluding hydrogens is 263 g/mol. The first-order valence-corrected chi connectivity index (χ1v) is 8.24. The summed E-state index contributed by atoms with van der Waals surface area (Å²) in [7, 11) is 0. The van der Waals surface area contributed by atoms with Crippen LogP contribution in [0.15, 0.2) is 0 Å². The van der Waals surface area contributed by atoms with Gasteiger partial charge in [-0.25, -0.2) is 0 Å². The molecule has 0 aromatic heterocycles. The van der Waals surface area contributed by atoms with E-state index in [1.807, 2.05) is 0 Å². The zero-order chi connectivity index (χ0) is 14.8. The van der Waals surface area contributed by atoms with Gasteiger partial charge in [0.25, 0.3) is 0 Å². The van der Waals surface area contributed by atoms with Crippen molar-refractivity contribution < 1.29 is 13.2 Å². The van der Waals surface area contributed by atoms with Gasteiger partial charge in [0, 0.05) is 6.04 Å². The number of halogens is 3. The molecule has 2 N–H and O–H groups in total. The van der Waals surface area contributed by atoms with Gasteiger partial charge in [0.05, 0.1) is 5.92 Å². The number of nitrogens with two attached hydrogens (primary N) is 1. The molecule has 0 aromatic rings. The van der Waals surface area contributed by atoms with Gasteiger partial charge < -0.3 is 5.73 Å². The maximum atomic E-state index is 12.9. The second-order valence-electron chi connectivity index (χ2n) is 6.94. The third-order valence-corrected chi connectivity index (χ3v) is 5.67. The number of rotatable bonds is 3. The van der Waals surface area contributed by atoms with Crippen LogP contribution < -0.4 is 5.73 Å². The molecule has 2 aliphatic rings. The number of hydrogen-bond donors (Lipinski definition) is 1. The van der Waals surface area contributed by atoms with Gasteiger partial charge in [0.2, 0.25) is 0 Å². The minimum atomic E-state index is -4.03. The predicted octanol–water partition coefficient (Wildman–Crippen LogP) is 4.90. The summed E-state index contributed by atoms with van der Waals surface area (Å²) < 4.78 is 38.7. The molecule has 2 aliphatic carbocycles. The summed E-state index contributed by atoms with van der Waals surface area (Å²) in [4.78, 5) is 0. The van der Waals surface area contributed by atoms with Crippen molar-refractivity contribution in [2.75, 3.05) is 0 Å². The zero-order valence-corrected chi connectivity index (χ0v) is 12.5. The lowest BCUT2D eigenvalue weighted by Crippen LogP contribution is -2.43. The van der Waals surface area contributed by atoms with Gasteiger partial charge in [-0.3, -0.25) is 0 Å². The van der Waals surface area contributed by atoms with Crippen LogP contribution in [0.25, 0.3) is 0 Å². The molecular formula is C16H28F3N. The number of hydrogen-bond acceptors (Lipinski definition) is 1. The van der Waals surface area contributed by atoms with Crippen LogP contribution in [-0.4, -0.2) is 12.2 Å². The van der Waals surface area contributed by atoms with Gasteiger partial charge in [0.1, 0.15) is 0 Å². The molecule has 5 unspecified atom stereocenters. The van der Waals surface area contributed by atoms with E-state index in [-0.39, 0.29) is 18.4 Å². The molecule has 1 nitrogen and oxygen atoms in total. The molecule has 0 spiro atoms. The van der Waals surface area contributed by atoms with Crippen molar-refractivity contribution in [3.05, 3.63) is 0 Å². The average Bonchev–Trinajstić information content (AvgIpc) is 2.46. The summed E-state index contributed by atoms with van der Waals surface area (Å²) in [6.07, 6.45) is 4.01. The monoisotopic (exact) mass is 291 g/mol. The van der Waals surface area contributed by atoms with Crippen LogP contribution in [0.4, 0.5) is 13.2 Å². The summed E-state index contributed by atoms with van der Waals surface area (Å²) in [5, 5.41) is 0. The highest BCUT2D eigenvalue weighted by atomic mass is 19.4. The van der Waals surface area contributed by atoms with Gasteiger partial charge in [-0.15, -0.1) is 0 Å². The van der Waals surface area contributed by atoms with E-state index in [1.165, 1.54) is 19.3 Å². The highest BCUT2D eigenvalue weighted by Gasteiger charge is 2.44. The molecule has 0 bridgehead atoms. The van der Waals surface area contributed by atoms with Crippen LogP contribution in [0, 0.1) is 23.7 Å². The Kier molecular flexibility index (Phi) is 5.38. The van der Waals surface area contributed by atoms with Crippen molar-refractivity contribution in [3.63, 3.8) is 0 Å². The van der Waals surface area contributed by atoms with Crippen molar-refractivity contribution in [1.82, 2.24) is 0 Å². The molecule has 0 aromatic carbocycles. The fraction of sp³-hybridized carbons (Fsp3) is 1.00. The third kappa shape index (κ3) is 3.90. The van der Waals surface area contributed by atoms with Crippen LogP contribution in [0.3, 0.4) is 0 Å². The summed E-state index contributed by atoms with van der Waals surface area (Å²) in [5.74, 6) is 0.154. The average molecular weight is 291 g/mol. The summed E-state index contributed by atoms with van der Waals surface area (Å²) in [6, 6.07) is -0.0190. The van der Waals surface area contributed by atoms with E-state index in [9.17, 15) is 13.2 Å². The molecule has 2 fully saturated rings. The maximum Gasteiger partial charge on any atom is 0.391 e. The molecule has 118 valence electrons. The summed E-state index contributed by atoms with van der Waals surface area (Å²) >= 11 is 0. The minimum Gasteiger partial charge on any atom is -0.327 e. The fourth-order valence-electron chi connectivity index (χ4n) is 4.31. The molecule has 0 amide bonds. The second-order valence-corrected chi connectivity index (χ2v) is 6.94. The molecule has 2 saturated carbocycles. The Labute approximate surface area is 120 Å². The van der Waals surface area contributed by atoms with Crippen LogP contribution >= 0.6 is 0 Å². The smallest absolute Gasteiger partial charge is 0.327 e. The lowest BCUT2D eigenvalue weighted by atomic mass is 9.69. The van der Waals surface area contributed by atoms with E-state index < -0.39 is 12.1 Å². The van der Waals surface area contributed by atoms with Crippen molar-refractivity contribution >= 4 is 0 Å². The van der Waals surface area contributed by atoms with Crippen LogP contribution in [0.1, 0.15) is 64.7 Å².